The summed E-state index contributed by atoms with van der Waals surface area (Å²) in [7, 11) is 0. The highest BCUT2D eigenvalue weighted by atomic mass is 35.5. The Balaban J connectivity index is 1.90. The Hall–Kier alpha value is -1.71. The summed E-state index contributed by atoms with van der Waals surface area (Å²) in [5.41, 5.74) is 3.30. The predicted octanol–water partition coefficient (Wildman–Crippen LogP) is 5.88. The lowest BCUT2D eigenvalue weighted by Crippen LogP contribution is -2.50. The molecule has 2 aromatic rings. The number of hydrogen-bond donors (Lipinski definition) is 0. The van der Waals surface area contributed by atoms with Crippen molar-refractivity contribution >= 4 is 34.8 Å². The van der Waals surface area contributed by atoms with Crippen molar-refractivity contribution in [1.82, 2.24) is 4.90 Å². The average Bonchev–Trinajstić information content (AvgIpc) is 2.66. The highest BCUT2D eigenvalue weighted by Gasteiger charge is 2.31. The number of amides is 1. The molecule has 0 spiro atoms. The first-order valence-electron chi connectivity index (χ1n) is 9.55. The number of unbranched alkanes of at least 4 members (excludes halogenated alkanes) is 1. The number of aryl methyl sites for hydroxylation is 1. The van der Waals surface area contributed by atoms with Gasteiger partial charge in [-0.25, -0.2) is 0 Å². The van der Waals surface area contributed by atoms with E-state index in [1.807, 2.05) is 42.2 Å². The van der Waals surface area contributed by atoms with Crippen molar-refractivity contribution in [3.63, 3.8) is 0 Å². The van der Waals surface area contributed by atoms with Gasteiger partial charge in [-0.15, -0.1) is 0 Å². The van der Waals surface area contributed by atoms with Gasteiger partial charge < -0.3 is 9.80 Å². The summed E-state index contributed by atoms with van der Waals surface area (Å²) >= 11 is 12.6. The van der Waals surface area contributed by atoms with Crippen LogP contribution in [0.5, 0.6) is 0 Å². The molecule has 5 heteroatoms. The molecule has 0 aromatic heterocycles. The maximum absolute atomic E-state index is 12.6. The summed E-state index contributed by atoms with van der Waals surface area (Å²) < 4.78 is 0. The number of nitrogens with zero attached hydrogens (tertiary/aromatic N) is 2. The maximum atomic E-state index is 12.6. The Kier molecular flexibility index (Phi) is 6.67. The van der Waals surface area contributed by atoms with E-state index in [1.54, 1.807) is 0 Å². The van der Waals surface area contributed by atoms with Crippen LogP contribution in [0.4, 0.5) is 5.69 Å². The van der Waals surface area contributed by atoms with E-state index in [4.69, 9.17) is 23.2 Å². The minimum absolute atomic E-state index is 0.0572. The van der Waals surface area contributed by atoms with Crippen LogP contribution in [-0.4, -0.2) is 30.4 Å². The Morgan fingerprint density at radius 3 is 2.52 bits per heavy atom. The van der Waals surface area contributed by atoms with Crippen LogP contribution >= 0.6 is 23.2 Å². The van der Waals surface area contributed by atoms with Crippen molar-refractivity contribution < 1.29 is 4.79 Å². The molecule has 3 nitrogen and oxygen atoms in total. The zero-order valence-electron chi connectivity index (χ0n) is 15.9. The molecule has 1 aliphatic rings. The molecule has 0 radical (unpaired) electrons. The van der Waals surface area contributed by atoms with Gasteiger partial charge in [0.05, 0.1) is 16.8 Å². The lowest BCUT2D eigenvalue weighted by molar-refractivity contribution is -0.132. The van der Waals surface area contributed by atoms with Crippen LogP contribution < -0.4 is 4.90 Å². The van der Waals surface area contributed by atoms with Gasteiger partial charge in [0.2, 0.25) is 5.91 Å². The van der Waals surface area contributed by atoms with Gasteiger partial charge in [0.1, 0.15) is 0 Å². The van der Waals surface area contributed by atoms with E-state index >= 15 is 0 Å². The minimum Gasteiger partial charge on any atom is -0.360 e. The molecule has 1 amide bonds. The molecule has 27 heavy (non-hydrogen) atoms. The smallest absolute Gasteiger partial charge is 0.222 e. The molecule has 0 N–H and O–H groups in total. The highest BCUT2D eigenvalue weighted by molar-refractivity contribution is 6.33. The van der Waals surface area contributed by atoms with E-state index in [9.17, 15) is 4.79 Å². The van der Waals surface area contributed by atoms with E-state index in [1.165, 1.54) is 0 Å². The van der Waals surface area contributed by atoms with E-state index in [-0.39, 0.29) is 11.9 Å². The summed E-state index contributed by atoms with van der Waals surface area (Å²) in [6.07, 6.45) is 2.59. The largest absolute Gasteiger partial charge is 0.360 e. The molecular weight excluding hydrogens is 379 g/mol. The van der Waals surface area contributed by atoms with Crippen LogP contribution in [0.25, 0.3) is 0 Å². The topological polar surface area (TPSA) is 23.6 Å². The fraction of sp³-hybridized carbons (Fsp3) is 0.409. The third kappa shape index (κ3) is 4.77. The van der Waals surface area contributed by atoms with Gasteiger partial charge in [0, 0.05) is 31.1 Å². The molecule has 3 rings (SSSR count). The third-order valence-corrected chi connectivity index (χ3v) is 5.70. The lowest BCUT2D eigenvalue weighted by atomic mass is 10.0. The first kappa shape index (κ1) is 20.0. The summed E-state index contributed by atoms with van der Waals surface area (Å²) in [4.78, 5) is 16.9. The molecule has 0 aliphatic carbocycles. The van der Waals surface area contributed by atoms with Crippen molar-refractivity contribution in [1.29, 1.82) is 0 Å². The number of hydrogen-bond acceptors (Lipinski definition) is 2. The van der Waals surface area contributed by atoms with Gasteiger partial charge in [0.25, 0.3) is 0 Å². The molecular formula is C22H26Cl2N2O. The van der Waals surface area contributed by atoms with Crippen molar-refractivity contribution in [2.24, 2.45) is 0 Å². The number of carbonyl (C=O) groups excluding carboxylic acids is 1. The molecule has 1 atom stereocenters. The van der Waals surface area contributed by atoms with Crippen LogP contribution in [0, 0.1) is 6.92 Å². The van der Waals surface area contributed by atoms with Gasteiger partial charge in [-0.3, -0.25) is 4.79 Å². The molecule has 0 saturated carbocycles. The van der Waals surface area contributed by atoms with Crippen LogP contribution in [0.2, 0.25) is 10.0 Å². The lowest BCUT2D eigenvalue weighted by Gasteiger charge is -2.43. The fourth-order valence-electron chi connectivity index (χ4n) is 3.60. The van der Waals surface area contributed by atoms with Crippen molar-refractivity contribution in [2.75, 3.05) is 24.5 Å². The SMILES string of the molecule is CCCCC(=O)N1CCN(c2ccc(C)cc2Cl)[C@H](c2ccc(Cl)cc2)C1. The molecule has 0 bridgehead atoms. The number of rotatable bonds is 5. The number of benzene rings is 2. The van der Waals surface area contributed by atoms with Crippen molar-refractivity contribution in [2.45, 2.75) is 39.2 Å². The molecule has 0 unspecified atom stereocenters. The van der Waals surface area contributed by atoms with Gasteiger partial charge in [-0.2, -0.15) is 0 Å². The zero-order valence-corrected chi connectivity index (χ0v) is 17.4. The van der Waals surface area contributed by atoms with Crippen LogP contribution in [0.1, 0.15) is 43.4 Å². The molecule has 1 heterocycles. The third-order valence-electron chi connectivity index (χ3n) is 5.14. The molecule has 1 fully saturated rings. The molecule has 1 aliphatic heterocycles. The standard InChI is InChI=1S/C22H26Cl2N2O/c1-3-4-5-22(27)25-12-13-26(20-11-6-16(2)14-19(20)24)21(15-25)17-7-9-18(23)10-8-17/h6-11,14,21H,3-5,12-13,15H2,1-2H3/t21-/m0/s1. The van der Waals surface area contributed by atoms with Gasteiger partial charge in [-0.05, 0) is 48.7 Å². The van der Waals surface area contributed by atoms with Crippen LogP contribution in [-0.2, 0) is 4.79 Å². The highest BCUT2D eigenvalue weighted by Crippen LogP contribution is 2.36. The van der Waals surface area contributed by atoms with E-state index in [0.29, 0.717) is 18.0 Å². The maximum Gasteiger partial charge on any atom is 0.222 e. The second-order valence-electron chi connectivity index (χ2n) is 7.16. The monoisotopic (exact) mass is 404 g/mol. The molecule has 2 aromatic carbocycles. The van der Waals surface area contributed by atoms with Crippen LogP contribution in [0.15, 0.2) is 42.5 Å². The predicted molar refractivity (Wildman–Crippen MR) is 114 cm³/mol. The first-order valence-corrected chi connectivity index (χ1v) is 10.3. The number of halogens is 2. The fourth-order valence-corrected chi connectivity index (χ4v) is 4.07. The number of carbonyl (C=O) groups is 1. The quantitative estimate of drug-likeness (QED) is 0.620. The van der Waals surface area contributed by atoms with E-state index in [2.05, 4.69) is 24.0 Å². The second kappa shape index (κ2) is 8.99. The van der Waals surface area contributed by atoms with E-state index in [0.717, 1.165) is 47.8 Å². The summed E-state index contributed by atoms with van der Waals surface area (Å²) in [5, 5.41) is 1.46. The Bertz CT molecular complexity index is 791. The number of anilines is 1. The van der Waals surface area contributed by atoms with Crippen LogP contribution in [0.3, 0.4) is 0 Å². The van der Waals surface area contributed by atoms with Crippen molar-refractivity contribution in [3.8, 4) is 0 Å². The normalized spacial score (nSPS) is 17.3. The van der Waals surface area contributed by atoms with Gasteiger partial charge >= 0.3 is 0 Å². The zero-order chi connectivity index (χ0) is 19.4. The molecule has 144 valence electrons. The molecule has 1 saturated heterocycles. The Morgan fingerprint density at radius 1 is 1.11 bits per heavy atom. The van der Waals surface area contributed by atoms with Gasteiger partial charge in [-0.1, -0.05) is 54.7 Å². The van der Waals surface area contributed by atoms with E-state index < -0.39 is 0 Å². The van der Waals surface area contributed by atoms with Crippen molar-refractivity contribution in [3.05, 3.63) is 63.6 Å². The average molecular weight is 405 g/mol. The van der Waals surface area contributed by atoms with Gasteiger partial charge in [0.15, 0.2) is 0 Å². The summed E-state index contributed by atoms with van der Waals surface area (Å²) in [5.74, 6) is 0.241. The number of piperazine rings is 1. The summed E-state index contributed by atoms with van der Waals surface area (Å²) in [6, 6.07) is 14.1. The summed E-state index contributed by atoms with van der Waals surface area (Å²) in [6.45, 7) is 6.29. The minimum atomic E-state index is 0.0572. The Morgan fingerprint density at radius 2 is 1.85 bits per heavy atom. The Labute approximate surface area is 171 Å². The first-order chi connectivity index (χ1) is 13.0. The second-order valence-corrected chi connectivity index (χ2v) is 8.00.